The number of rotatable bonds is 11. The molecule has 0 aromatic heterocycles. The van der Waals surface area contributed by atoms with Crippen LogP contribution >= 0.6 is 0 Å². The van der Waals surface area contributed by atoms with Gasteiger partial charge in [0.25, 0.3) is 5.69 Å². The molecule has 0 radical (unpaired) electrons. The minimum atomic E-state index is -0.890. The van der Waals surface area contributed by atoms with E-state index in [1.54, 1.807) is 37.3 Å². The van der Waals surface area contributed by atoms with Crippen molar-refractivity contribution in [2.24, 2.45) is 5.73 Å². The molecule has 3 amide bonds. The number of nitro groups is 1. The van der Waals surface area contributed by atoms with Crippen LogP contribution in [0.25, 0.3) is 0 Å². The number of amidine groups is 1. The summed E-state index contributed by atoms with van der Waals surface area (Å²) in [5, 5.41) is 26.4. The van der Waals surface area contributed by atoms with E-state index in [9.17, 15) is 24.5 Å². The van der Waals surface area contributed by atoms with Gasteiger partial charge < -0.3 is 26.4 Å². The first-order chi connectivity index (χ1) is 16.2. The number of nitrogen functional groups attached to an aromatic ring is 1. The van der Waals surface area contributed by atoms with Crippen molar-refractivity contribution < 1.29 is 24.0 Å². The van der Waals surface area contributed by atoms with Gasteiger partial charge in [-0.05, 0) is 36.8 Å². The largest absolute Gasteiger partial charge is 0.466 e. The summed E-state index contributed by atoms with van der Waals surface area (Å²) in [5.74, 6) is -1.03. The maximum Gasteiger partial charge on any atom is 0.319 e. The lowest BCUT2D eigenvalue weighted by atomic mass is 10.0. The van der Waals surface area contributed by atoms with E-state index in [0.29, 0.717) is 16.8 Å². The third-order valence-corrected chi connectivity index (χ3v) is 4.59. The number of urea groups is 1. The number of amides is 3. The number of non-ortho nitro benzene ring substituents is 1. The summed E-state index contributed by atoms with van der Waals surface area (Å²) in [6.45, 7) is 1.96. The van der Waals surface area contributed by atoms with Crippen molar-refractivity contribution in [3.05, 3.63) is 69.8 Å². The molecule has 34 heavy (non-hydrogen) atoms. The van der Waals surface area contributed by atoms with E-state index in [0.717, 1.165) is 0 Å². The number of nitrogens with zero attached hydrogens (tertiary/aromatic N) is 1. The van der Waals surface area contributed by atoms with E-state index in [1.807, 2.05) is 0 Å². The molecule has 0 aliphatic carbocycles. The van der Waals surface area contributed by atoms with Gasteiger partial charge in [0.2, 0.25) is 5.91 Å². The summed E-state index contributed by atoms with van der Waals surface area (Å²) in [4.78, 5) is 47.0. The molecule has 0 spiro atoms. The molecule has 2 rings (SSSR count). The number of carbonyl (C=O) groups is 3. The van der Waals surface area contributed by atoms with Gasteiger partial charge in [-0.2, -0.15) is 0 Å². The topological polar surface area (TPSA) is 190 Å². The van der Waals surface area contributed by atoms with Crippen molar-refractivity contribution in [1.29, 1.82) is 5.41 Å². The van der Waals surface area contributed by atoms with Gasteiger partial charge in [0, 0.05) is 29.9 Å². The first kappa shape index (κ1) is 25.8. The maximum atomic E-state index is 12.6. The molecule has 0 aliphatic heterocycles. The first-order valence-corrected chi connectivity index (χ1v) is 10.4. The smallest absolute Gasteiger partial charge is 0.319 e. The summed E-state index contributed by atoms with van der Waals surface area (Å²) in [7, 11) is 0. The van der Waals surface area contributed by atoms with Crippen LogP contribution < -0.4 is 21.7 Å². The summed E-state index contributed by atoms with van der Waals surface area (Å²) >= 11 is 0. The highest BCUT2D eigenvalue weighted by Gasteiger charge is 2.21. The molecule has 180 valence electrons. The lowest BCUT2D eigenvalue weighted by Crippen LogP contribution is -2.36. The van der Waals surface area contributed by atoms with Crippen molar-refractivity contribution in [1.82, 2.24) is 10.6 Å². The van der Waals surface area contributed by atoms with Crippen LogP contribution in [0, 0.1) is 15.5 Å². The fourth-order valence-electron chi connectivity index (χ4n) is 2.96. The van der Waals surface area contributed by atoms with Crippen LogP contribution in [-0.4, -0.2) is 41.8 Å². The van der Waals surface area contributed by atoms with Crippen LogP contribution in [-0.2, 0) is 14.3 Å². The number of nitro benzene ring substituents is 1. The molecule has 1 unspecified atom stereocenters. The maximum absolute atomic E-state index is 12.6. The van der Waals surface area contributed by atoms with Crippen molar-refractivity contribution in [3.8, 4) is 0 Å². The van der Waals surface area contributed by atoms with Crippen LogP contribution in [0.3, 0.4) is 0 Å². The highest BCUT2D eigenvalue weighted by atomic mass is 16.6. The average Bonchev–Trinajstić information content (AvgIpc) is 2.79. The van der Waals surface area contributed by atoms with E-state index in [2.05, 4.69) is 16.0 Å². The Hall–Kier alpha value is -4.48. The molecule has 0 saturated heterocycles. The van der Waals surface area contributed by atoms with Crippen LogP contribution in [0.1, 0.15) is 36.9 Å². The third-order valence-electron chi connectivity index (χ3n) is 4.59. The number of esters is 1. The predicted molar refractivity (Wildman–Crippen MR) is 124 cm³/mol. The van der Waals surface area contributed by atoms with E-state index >= 15 is 0 Å². The van der Waals surface area contributed by atoms with E-state index in [-0.39, 0.29) is 37.5 Å². The SMILES string of the molecule is CCOC(=O)CCNC(=O)CC(NC(=O)Nc1ccc(C(=N)N)cc1)c1cccc([N+](=O)[O-])c1. The Morgan fingerprint density at radius 1 is 1.18 bits per heavy atom. The molecule has 6 N–H and O–H groups in total. The zero-order chi connectivity index (χ0) is 25.1. The van der Waals surface area contributed by atoms with Gasteiger partial charge in [-0.25, -0.2) is 4.79 Å². The molecule has 2 aromatic rings. The van der Waals surface area contributed by atoms with E-state index in [4.69, 9.17) is 15.9 Å². The number of hydrogen-bond acceptors (Lipinski definition) is 7. The fraction of sp³-hybridized carbons (Fsp3) is 0.273. The van der Waals surface area contributed by atoms with Crippen LogP contribution in [0.2, 0.25) is 0 Å². The summed E-state index contributed by atoms with van der Waals surface area (Å²) in [5.41, 5.74) is 6.49. The Morgan fingerprint density at radius 3 is 2.50 bits per heavy atom. The number of benzene rings is 2. The highest BCUT2D eigenvalue weighted by Crippen LogP contribution is 2.22. The zero-order valence-corrected chi connectivity index (χ0v) is 18.5. The summed E-state index contributed by atoms with van der Waals surface area (Å²) in [6, 6.07) is 10.3. The van der Waals surface area contributed by atoms with Gasteiger partial charge >= 0.3 is 12.0 Å². The van der Waals surface area contributed by atoms with E-state index < -0.39 is 28.9 Å². The quantitative estimate of drug-likeness (QED) is 0.109. The Kier molecular flexibility index (Phi) is 9.50. The number of hydrogen-bond donors (Lipinski definition) is 5. The number of carbonyl (C=O) groups excluding carboxylic acids is 3. The van der Waals surface area contributed by atoms with Crippen molar-refractivity contribution in [2.75, 3.05) is 18.5 Å². The molecule has 0 bridgehead atoms. The molecule has 12 nitrogen and oxygen atoms in total. The van der Waals surface area contributed by atoms with Gasteiger partial charge in [0.1, 0.15) is 5.84 Å². The predicted octanol–water partition coefficient (Wildman–Crippen LogP) is 2.20. The Morgan fingerprint density at radius 2 is 1.88 bits per heavy atom. The highest BCUT2D eigenvalue weighted by molar-refractivity contribution is 5.96. The lowest BCUT2D eigenvalue weighted by Gasteiger charge is -2.19. The molecular weight excluding hydrogens is 444 g/mol. The molecule has 0 heterocycles. The van der Waals surface area contributed by atoms with Gasteiger partial charge in [-0.1, -0.05) is 12.1 Å². The number of nitrogens with two attached hydrogens (primary N) is 1. The molecule has 0 fully saturated rings. The van der Waals surface area contributed by atoms with Crippen LogP contribution in [0.5, 0.6) is 0 Å². The normalized spacial score (nSPS) is 11.1. The van der Waals surface area contributed by atoms with Gasteiger partial charge in [-0.15, -0.1) is 0 Å². The third kappa shape index (κ3) is 8.22. The summed E-state index contributed by atoms with van der Waals surface area (Å²) < 4.78 is 4.80. The Labute approximate surface area is 195 Å². The fourth-order valence-corrected chi connectivity index (χ4v) is 2.96. The minimum absolute atomic E-state index is 0.00870. The van der Waals surface area contributed by atoms with Gasteiger partial charge in [-0.3, -0.25) is 25.1 Å². The van der Waals surface area contributed by atoms with Crippen molar-refractivity contribution >= 4 is 35.1 Å². The van der Waals surface area contributed by atoms with Crippen molar-refractivity contribution in [3.63, 3.8) is 0 Å². The second-order valence-electron chi connectivity index (χ2n) is 7.10. The van der Waals surface area contributed by atoms with Crippen LogP contribution in [0.15, 0.2) is 48.5 Å². The molecule has 0 saturated carbocycles. The zero-order valence-electron chi connectivity index (χ0n) is 18.5. The lowest BCUT2D eigenvalue weighted by molar-refractivity contribution is -0.384. The molecule has 0 aliphatic rings. The van der Waals surface area contributed by atoms with Gasteiger partial charge in [0.05, 0.1) is 30.4 Å². The van der Waals surface area contributed by atoms with Gasteiger partial charge in [0.15, 0.2) is 0 Å². The summed E-state index contributed by atoms with van der Waals surface area (Å²) in [6.07, 6.45) is -0.230. The standard InChI is InChI=1S/C22H26N6O6/c1-2-34-20(30)10-11-25-19(29)13-18(15-4-3-5-17(12-15)28(32)33)27-22(31)26-16-8-6-14(7-9-16)21(23)24/h3-9,12,18H,2,10-11,13H2,1H3,(H3,23,24)(H,25,29)(H2,26,27,31). The Balaban J connectivity index is 2.10. The van der Waals surface area contributed by atoms with E-state index in [1.165, 1.54) is 18.2 Å². The molecule has 12 heteroatoms. The average molecular weight is 470 g/mol. The van der Waals surface area contributed by atoms with Crippen molar-refractivity contribution in [2.45, 2.75) is 25.8 Å². The molecular formula is C22H26N6O6. The number of nitrogens with one attached hydrogen (secondary N) is 4. The minimum Gasteiger partial charge on any atom is -0.466 e. The monoisotopic (exact) mass is 470 g/mol. The molecule has 1 atom stereocenters. The second-order valence-corrected chi connectivity index (χ2v) is 7.10. The Bertz CT molecular complexity index is 1060. The first-order valence-electron chi connectivity index (χ1n) is 10.4. The number of anilines is 1. The van der Waals surface area contributed by atoms with Crippen LogP contribution in [0.4, 0.5) is 16.2 Å². The number of ether oxygens (including phenoxy) is 1. The second kappa shape index (κ2) is 12.5. The molecule has 2 aromatic carbocycles.